The van der Waals surface area contributed by atoms with E-state index < -0.39 is 0 Å². The Hall–Kier alpha value is -4.55. The summed E-state index contributed by atoms with van der Waals surface area (Å²) in [5.74, 6) is 0.610. The highest BCUT2D eigenvalue weighted by Crippen LogP contribution is 2.47. The number of anilines is 1. The van der Waals surface area contributed by atoms with E-state index in [1.807, 2.05) is 74.5 Å². The van der Waals surface area contributed by atoms with E-state index in [4.69, 9.17) is 9.73 Å². The first kappa shape index (κ1) is 25.7. The molecule has 0 aromatic heterocycles. The maximum atomic E-state index is 13.9. The summed E-state index contributed by atoms with van der Waals surface area (Å²) >= 11 is 1.58. The van der Waals surface area contributed by atoms with Gasteiger partial charge in [0.25, 0.3) is 5.91 Å². The summed E-state index contributed by atoms with van der Waals surface area (Å²) in [4.78, 5) is 21.0. The molecule has 0 aliphatic carbocycles. The fourth-order valence-electron chi connectivity index (χ4n) is 5.19. The van der Waals surface area contributed by atoms with Crippen molar-refractivity contribution in [1.82, 2.24) is 4.90 Å². The summed E-state index contributed by atoms with van der Waals surface area (Å²) in [6, 6.07) is 34.2. The minimum absolute atomic E-state index is 0.174. The minimum atomic E-state index is -0.388. The van der Waals surface area contributed by atoms with E-state index in [9.17, 15) is 4.79 Å². The predicted molar refractivity (Wildman–Crippen MR) is 165 cm³/mol. The van der Waals surface area contributed by atoms with Crippen molar-refractivity contribution in [1.29, 1.82) is 0 Å². The Kier molecular flexibility index (Phi) is 7.01. The Labute approximate surface area is 238 Å². The Morgan fingerprint density at radius 3 is 2.20 bits per heavy atom. The Morgan fingerprint density at radius 1 is 0.850 bits per heavy atom. The second-order valence-electron chi connectivity index (χ2n) is 9.78. The average Bonchev–Trinajstić information content (AvgIpc) is 3.41. The molecule has 0 unspecified atom stereocenters. The molecule has 2 aliphatic heterocycles. The fourth-order valence-corrected chi connectivity index (χ4v) is 6.16. The van der Waals surface area contributed by atoms with Crippen LogP contribution >= 0.6 is 11.8 Å². The van der Waals surface area contributed by atoms with E-state index >= 15 is 0 Å². The topological polar surface area (TPSA) is 53.9 Å². The van der Waals surface area contributed by atoms with Gasteiger partial charge in [0.1, 0.15) is 5.75 Å². The lowest BCUT2D eigenvalue weighted by Crippen LogP contribution is -2.37. The van der Waals surface area contributed by atoms with E-state index in [-0.39, 0.29) is 11.9 Å². The number of aliphatic imine (C=N–C) groups is 1. The zero-order valence-electron chi connectivity index (χ0n) is 22.6. The number of allylic oxidation sites excluding steroid dienone is 1. The molecule has 4 aromatic rings. The minimum Gasteiger partial charge on any atom is -0.496 e. The number of amides is 1. The summed E-state index contributed by atoms with van der Waals surface area (Å²) in [6.07, 6.45) is 0. The summed E-state index contributed by atoms with van der Waals surface area (Å²) in [7, 11) is 1.68. The van der Waals surface area contributed by atoms with Crippen LogP contribution < -0.4 is 10.1 Å². The van der Waals surface area contributed by atoms with Gasteiger partial charge in [-0.25, -0.2) is 4.99 Å². The maximum absolute atomic E-state index is 13.9. The summed E-state index contributed by atoms with van der Waals surface area (Å²) in [5, 5.41) is 6.06. The molecule has 0 radical (unpaired) electrons. The molecule has 0 bridgehead atoms. The molecule has 2 heterocycles. The number of carbonyl (C=O) groups excluding carboxylic acids is 1. The number of carbonyl (C=O) groups is 1. The molecule has 0 fully saturated rings. The number of thioether (sulfide) groups is 1. The highest BCUT2D eigenvalue weighted by atomic mass is 32.2. The van der Waals surface area contributed by atoms with E-state index in [1.165, 1.54) is 5.56 Å². The van der Waals surface area contributed by atoms with Crippen LogP contribution in [0.1, 0.15) is 29.7 Å². The van der Waals surface area contributed by atoms with Crippen LogP contribution in [0.5, 0.6) is 5.75 Å². The van der Waals surface area contributed by atoms with Crippen LogP contribution in [0.15, 0.2) is 125 Å². The molecular formula is C34H29N3O2S. The van der Waals surface area contributed by atoms with Crippen molar-refractivity contribution in [2.75, 3.05) is 12.4 Å². The number of rotatable bonds is 6. The number of amidine groups is 1. The SMILES string of the molecule is COc1cc([C@H]2C(C(=O)Nc3ccccc3)=C(C)N=C3SC=C(c4ccc(-c5ccccc5)cc4)N32)ccc1C. The number of ether oxygens (including phenoxy) is 1. The highest BCUT2D eigenvalue weighted by Gasteiger charge is 2.40. The van der Waals surface area contributed by atoms with Gasteiger partial charge in [-0.3, -0.25) is 4.79 Å². The molecule has 5 nitrogen and oxygen atoms in total. The van der Waals surface area contributed by atoms with Crippen molar-refractivity contribution in [3.05, 3.63) is 136 Å². The van der Waals surface area contributed by atoms with Gasteiger partial charge in [-0.15, -0.1) is 0 Å². The van der Waals surface area contributed by atoms with Gasteiger partial charge in [-0.2, -0.15) is 0 Å². The van der Waals surface area contributed by atoms with Crippen LogP contribution in [0.2, 0.25) is 0 Å². The van der Waals surface area contributed by atoms with Crippen molar-refractivity contribution in [2.24, 2.45) is 4.99 Å². The van der Waals surface area contributed by atoms with Crippen LogP contribution in [-0.2, 0) is 4.79 Å². The Bertz CT molecular complexity index is 1660. The number of nitrogens with zero attached hydrogens (tertiary/aromatic N) is 2. The van der Waals surface area contributed by atoms with Crippen LogP contribution in [0.4, 0.5) is 5.69 Å². The number of benzene rings is 4. The first-order chi connectivity index (χ1) is 19.5. The van der Waals surface area contributed by atoms with Crippen molar-refractivity contribution in [2.45, 2.75) is 19.9 Å². The molecule has 6 heteroatoms. The molecule has 0 spiro atoms. The van der Waals surface area contributed by atoms with Gasteiger partial charge < -0.3 is 15.0 Å². The van der Waals surface area contributed by atoms with Gasteiger partial charge in [0.05, 0.1) is 30.1 Å². The smallest absolute Gasteiger partial charge is 0.255 e. The van der Waals surface area contributed by atoms with Gasteiger partial charge in [0.15, 0.2) is 5.17 Å². The van der Waals surface area contributed by atoms with Crippen molar-refractivity contribution in [3.8, 4) is 16.9 Å². The Balaban J connectivity index is 1.43. The standard InChI is InChI=1S/C34H29N3O2S/c1-22-14-15-27(20-30(22)39-3)32-31(33(38)36-28-12-8-5-9-13-28)23(2)35-34-37(32)29(21-40-34)26-18-16-25(17-19-26)24-10-6-4-7-11-24/h4-21,32H,1-3H3,(H,36,38)/t32-/m0/s1. The van der Waals surface area contributed by atoms with E-state index in [2.05, 4.69) is 58.1 Å². The van der Waals surface area contributed by atoms with Crippen molar-refractivity contribution < 1.29 is 9.53 Å². The molecule has 4 aromatic carbocycles. The molecular weight excluding hydrogens is 514 g/mol. The quantitative estimate of drug-likeness (QED) is 0.267. The van der Waals surface area contributed by atoms with E-state index in [1.54, 1.807) is 18.9 Å². The monoisotopic (exact) mass is 543 g/mol. The third-order valence-corrected chi connectivity index (χ3v) is 8.08. The van der Waals surface area contributed by atoms with Crippen molar-refractivity contribution >= 4 is 34.2 Å². The predicted octanol–water partition coefficient (Wildman–Crippen LogP) is 8.04. The molecule has 1 amide bonds. The van der Waals surface area contributed by atoms with Crippen LogP contribution in [0.25, 0.3) is 16.8 Å². The number of hydrogen-bond donors (Lipinski definition) is 1. The molecule has 1 atom stereocenters. The number of hydrogen-bond acceptors (Lipinski definition) is 5. The zero-order valence-corrected chi connectivity index (χ0v) is 23.4. The van der Waals surface area contributed by atoms with Crippen molar-refractivity contribution in [3.63, 3.8) is 0 Å². The summed E-state index contributed by atoms with van der Waals surface area (Å²) in [5.41, 5.74) is 8.43. The lowest BCUT2D eigenvalue weighted by molar-refractivity contribution is -0.113. The lowest BCUT2D eigenvalue weighted by Gasteiger charge is -2.37. The molecule has 0 saturated carbocycles. The largest absolute Gasteiger partial charge is 0.496 e. The molecule has 1 N–H and O–H groups in total. The average molecular weight is 544 g/mol. The molecule has 198 valence electrons. The maximum Gasteiger partial charge on any atom is 0.255 e. The second kappa shape index (κ2) is 10.9. The number of fused-ring (bicyclic) bond motifs is 1. The summed E-state index contributed by atoms with van der Waals surface area (Å²) < 4.78 is 5.69. The zero-order chi connectivity index (χ0) is 27.6. The van der Waals surface area contributed by atoms with Crippen LogP contribution in [0.3, 0.4) is 0 Å². The third kappa shape index (κ3) is 4.82. The molecule has 6 rings (SSSR count). The fraction of sp³-hybridized carbons (Fsp3) is 0.118. The lowest BCUT2D eigenvalue weighted by atomic mass is 9.91. The number of para-hydroxylation sites is 1. The van der Waals surface area contributed by atoms with Crippen LogP contribution in [0, 0.1) is 6.92 Å². The number of aryl methyl sites for hydroxylation is 1. The van der Waals surface area contributed by atoms with Gasteiger partial charge in [0, 0.05) is 11.1 Å². The first-order valence-electron chi connectivity index (χ1n) is 13.2. The molecule has 2 aliphatic rings. The van der Waals surface area contributed by atoms with Gasteiger partial charge in [-0.05, 0) is 59.9 Å². The van der Waals surface area contributed by atoms with Gasteiger partial charge in [0.2, 0.25) is 0 Å². The molecule has 40 heavy (non-hydrogen) atoms. The first-order valence-corrected chi connectivity index (χ1v) is 14.0. The highest BCUT2D eigenvalue weighted by molar-refractivity contribution is 8.16. The second-order valence-corrected chi connectivity index (χ2v) is 10.6. The normalized spacial score (nSPS) is 16.3. The van der Waals surface area contributed by atoms with Crippen LogP contribution in [-0.4, -0.2) is 23.1 Å². The van der Waals surface area contributed by atoms with E-state index in [0.717, 1.165) is 44.6 Å². The summed E-state index contributed by atoms with van der Waals surface area (Å²) in [6.45, 7) is 3.93. The molecule has 0 saturated heterocycles. The van der Waals surface area contributed by atoms with E-state index in [0.29, 0.717) is 11.3 Å². The number of methoxy groups -OCH3 is 1. The van der Waals surface area contributed by atoms with Gasteiger partial charge in [-0.1, -0.05) is 96.7 Å². The third-order valence-electron chi connectivity index (χ3n) is 7.24. The Morgan fingerprint density at radius 2 is 1.50 bits per heavy atom. The van der Waals surface area contributed by atoms with Gasteiger partial charge >= 0.3 is 0 Å². The number of nitrogens with one attached hydrogen (secondary N) is 1.